The summed E-state index contributed by atoms with van der Waals surface area (Å²) in [5, 5.41) is 0.521. The van der Waals surface area contributed by atoms with Crippen LogP contribution in [0.1, 0.15) is 56.3 Å². The van der Waals surface area contributed by atoms with Crippen LogP contribution in [0.15, 0.2) is 30.3 Å². The molecule has 0 spiro atoms. The molecule has 1 heterocycles. The molecule has 0 saturated heterocycles. The third-order valence-electron chi connectivity index (χ3n) is 3.99. The zero-order valence-corrected chi connectivity index (χ0v) is 12.7. The van der Waals surface area contributed by atoms with Crippen molar-refractivity contribution in [2.24, 2.45) is 0 Å². The van der Waals surface area contributed by atoms with Gasteiger partial charge in [-0.3, -0.25) is 0 Å². The Labute approximate surface area is 125 Å². The Morgan fingerprint density at radius 3 is 2.60 bits per heavy atom. The van der Waals surface area contributed by atoms with Crippen LogP contribution in [0, 0.1) is 0 Å². The molecule has 1 aliphatic carbocycles. The molecule has 0 N–H and O–H groups in total. The van der Waals surface area contributed by atoms with Crippen LogP contribution in [-0.4, -0.2) is 9.97 Å². The lowest BCUT2D eigenvalue weighted by atomic mass is 9.79. The van der Waals surface area contributed by atoms with Gasteiger partial charge in [-0.15, -0.1) is 0 Å². The van der Waals surface area contributed by atoms with Crippen LogP contribution in [0.3, 0.4) is 0 Å². The highest BCUT2D eigenvalue weighted by atomic mass is 35.5. The normalized spacial score (nSPS) is 15.4. The van der Waals surface area contributed by atoms with Crippen molar-refractivity contribution in [2.45, 2.75) is 44.9 Å². The van der Waals surface area contributed by atoms with E-state index in [4.69, 9.17) is 11.6 Å². The third-order valence-corrected chi connectivity index (χ3v) is 4.18. The smallest absolute Gasteiger partial charge is 0.133 e. The molecule has 2 aromatic rings. The Morgan fingerprint density at radius 2 is 1.95 bits per heavy atom. The molecule has 2 nitrogen and oxygen atoms in total. The van der Waals surface area contributed by atoms with Crippen LogP contribution >= 0.6 is 11.6 Å². The summed E-state index contributed by atoms with van der Waals surface area (Å²) in [5.41, 5.74) is 3.49. The molecule has 1 aliphatic rings. The van der Waals surface area contributed by atoms with Gasteiger partial charge in [-0.2, -0.15) is 0 Å². The lowest BCUT2D eigenvalue weighted by molar-refractivity contribution is 0.420. The topological polar surface area (TPSA) is 25.8 Å². The minimum atomic E-state index is 0.280. The first kappa shape index (κ1) is 13.6. The summed E-state index contributed by atoms with van der Waals surface area (Å²) >= 11 is 6.13. The average molecular weight is 287 g/mol. The van der Waals surface area contributed by atoms with Crippen molar-refractivity contribution in [3.8, 4) is 11.3 Å². The molecule has 0 aliphatic heterocycles. The molecule has 0 unspecified atom stereocenters. The second-order valence-electron chi connectivity index (χ2n) is 5.84. The first-order valence-corrected chi connectivity index (χ1v) is 7.66. The van der Waals surface area contributed by atoms with E-state index >= 15 is 0 Å². The predicted octanol–water partition coefficient (Wildman–Crippen LogP) is 5.19. The largest absolute Gasteiger partial charge is 0.233 e. The molecule has 1 aromatic carbocycles. The number of hydrogen-bond donors (Lipinski definition) is 0. The van der Waals surface area contributed by atoms with Gasteiger partial charge < -0.3 is 0 Å². The van der Waals surface area contributed by atoms with Crippen LogP contribution in [0.25, 0.3) is 11.3 Å². The van der Waals surface area contributed by atoms with Crippen molar-refractivity contribution in [3.63, 3.8) is 0 Å². The summed E-state index contributed by atoms with van der Waals surface area (Å²) in [5.74, 6) is 1.82. The van der Waals surface area contributed by atoms with E-state index in [1.165, 1.54) is 24.8 Å². The maximum atomic E-state index is 6.13. The van der Waals surface area contributed by atoms with E-state index < -0.39 is 0 Å². The highest BCUT2D eigenvalue weighted by molar-refractivity contribution is 6.29. The fraction of sp³-hybridized carbons (Fsp3) is 0.412. The Bertz CT molecular complexity index is 618. The molecule has 0 bridgehead atoms. The van der Waals surface area contributed by atoms with Crippen molar-refractivity contribution in [3.05, 3.63) is 46.9 Å². The Hall–Kier alpha value is -1.41. The van der Waals surface area contributed by atoms with Gasteiger partial charge in [-0.1, -0.05) is 50.1 Å². The van der Waals surface area contributed by atoms with Crippen molar-refractivity contribution < 1.29 is 0 Å². The van der Waals surface area contributed by atoms with Crippen LogP contribution < -0.4 is 0 Å². The summed E-state index contributed by atoms with van der Waals surface area (Å²) in [6, 6.07) is 10.6. The second-order valence-corrected chi connectivity index (χ2v) is 6.23. The molecule has 0 atom stereocenters. The van der Waals surface area contributed by atoms with Crippen LogP contribution in [-0.2, 0) is 0 Å². The average Bonchev–Trinajstić information content (AvgIpc) is 2.36. The fourth-order valence-corrected chi connectivity index (χ4v) is 2.72. The van der Waals surface area contributed by atoms with E-state index in [2.05, 4.69) is 48.1 Å². The highest BCUT2D eigenvalue weighted by Gasteiger charge is 2.19. The van der Waals surface area contributed by atoms with E-state index in [9.17, 15) is 0 Å². The monoisotopic (exact) mass is 286 g/mol. The maximum absolute atomic E-state index is 6.13. The maximum Gasteiger partial charge on any atom is 0.133 e. The SMILES string of the molecule is CC(C)c1nc(Cl)cc(-c2cccc(C3CCC3)c2)n1. The standard InChI is InChI=1S/C17H19ClN2/c1-11(2)17-19-15(10-16(18)20-17)14-8-4-7-13(9-14)12-5-3-6-12/h4,7-12H,3,5-6H2,1-2H3. The molecular weight excluding hydrogens is 268 g/mol. The number of benzene rings is 1. The minimum absolute atomic E-state index is 0.280. The summed E-state index contributed by atoms with van der Waals surface area (Å²) in [7, 11) is 0. The summed E-state index contributed by atoms with van der Waals surface area (Å²) in [6.07, 6.45) is 3.97. The van der Waals surface area contributed by atoms with Crippen molar-refractivity contribution in [1.82, 2.24) is 9.97 Å². The summed E-state index contributed by atoms with van der Waals surface area (Å²) in [4.78, 5) is 8.95. The summed E-state index contributed by atoms with van der Waals surface area (Å²) in [6.45, 7) is 4.17. The molecule has 3 rings (SSSR count). The molecule has 1 fully saturated rings. The quantitative estimate of drug-likeness (QED) is 0.726. The first-order chi connectivity index (χ1) is 9.63. The third kappa shape index (κ3) is 2.71. The van der Waals surface area contributed by atoms with Gasteiger partial charge in [-0.05, 0) is 30.4 Å². The van der Waals surface area contributed by atoms with Crippen LogP contribution in [0.5, 0.6) is 0 Å². The van der Waals surface area contributed by atoms with Gasteiger partial charge in [-0.25, -0.2) is 9.97 Å². The lowest BCUT2D eigenvalue weighted by Crippen LogP contribution is -2.08. The van der Waals surface area contributed by atoms with Gasteiger partial charge in [0.2, 0.25) is 0 Å². The van der Waals surface area contributed by atoms with Gasteiger partial charge in [0.15, 0.2) is 0 Å². The van der Waals surface area contributed by atoms with Crippen LogP contribution in [0.2, 0.25) is 5.15 Å². The highest BCUT2D eigenvalue weighted by Crippen LogP contribution is 2.37. The van der Waals surface area contributed by atoms with Crippen molar-refractivity contribution in [2.75, 3.05) is 0 Å². The Morgan fingerprint density at radius 1 is 1.15 bits per heavy atom. The van der Waals surface area contributed by atoms with E-state index in [0.29, 0.717) is 5.15 Å². The molecule has 0 radical (unpaired) electrons. The Balaban J connectivity index is 1.99. The van der Waals surface area contributed by atoms with E-state index in [-0.39, 0.29) is 5.92 Å². The number of nitrogens with zero attached hydrogens (tertiary/aromatic N) is 2. The zero-order chi connectivity index (χ0) is 14.1. The molecular formula is C17H19ClN2. The van der Waals surface area contributed by atoms with Gasteiger partial charge in [0.25, 0.3) is 0 Å². The van der Waals surface area contributed by atoms with E-state index in [0.717, 1.165) is 23.0 Å². The van der Waals surface area contributed by atoms with Gasteiger partial charge >= 0.3 is 0 Å². The Kier molecular flexibility index (Phi) is 3.75. The molecule has 0 amide bonds. The fourth-order valence-electron chi connectivity index (χ4n) is 2.53. The predicted molar refractivity (Wildman–Crippen MR) is 83.2 cm³/mol. The van der Waals surface area contributed by atoms with Gasteiger partial charge in [0.05, 0.1) is 5.69 Å². The van der Waals surface area contributed by atoms with E-state index in [1.54, 1.807) is 0 Å². The number of halogens is 1. The number of hydrogen-bond acceptors (Lipinski definition) is 2. The lowest BCUT2D eigenvalue weighted by Gasteiger charge is -2.26. The van der Waals surface area contributed by atoms with Crippen molar-refractivity contribution in [1.29, 1.82) is 0 Å². The first-order valence-electron chi connectivity index (χ1n) is 7.28. The second kappa shape index (κ2) is 5.53. The van der Waals surface area contributed by atoms with Crippen molar-refractivity contribution >= 4 is 11.6 Å². The van der Waals surface area contributed by atoms with Gasteiger partial charge in [0.1, 0.15) is 11.0 Å². The summed E-state index contributed by atoms with van der Waals surface area (Å²) < 4.78 is 0. The van der Waals surface area contributed by atoms with Crippen LogP contribution in [0.4, 0.5) is 0 Å². The zero-order valence-electron chi connectivity index (χ0n) is 11.9. The molecule has 3 heteroatoms. The minimum Gasteiger partial charge on any atom is -0.233 e. The molecule has 1 aromatic heterocycles. The molecule has 104 valence electrons. The number of rotatable bonds is 3. The molecule has 20 heavy (non-hydrogen) atoms. The van der Waals surface area contributed by atoms with Gasteiger partial charge in [0, 0.05) is 17.5 Å². The molecule has 1 saturated carbocycles. The van der Waals surface area contributed by atoms with E-state index in [1.807, 2.05) is 6.07 Å². The number of aromatic nitrogens is 2.